The third-order valence-electron chi connectivity index (χ3n) is 4.18. The van der Waals surface area contributed by atoms with Gasteiger partial charge in [-0.25, -0.2) is 4.79 Å². The molecule has 3 nitrogen and oxygen atoms in total. The lowest BCUT2D eigenvalue weighted by atomic mass is 9.75. The second-order valence-electron chi connectivity index (χ2n) is 5.78. The molecular formula is C16H20O3. The van der Waals surface area contributed by atoms with Crippen LogP contribution in [0.2, 0.25) is 0 Å². The molecule has 0 radical (unpaired) electrons. The third-order valence-corrected chi connectivity index (χ3v) is 4.18. The van der Waals surface area contributed by atoms with Crippen LogP contribution in [0.4, 0.5) is 0 Å². The summed E-state index contributed by atoms with van der Waals surface area (Å²) in [7, 11) is 0. The van der Waals surface area contributed by atoms with Gasteiger partial charge in [-0.1, -0.05) is 30.3 Å². The molecule has 0 aromatic heterocycles. The Labute approximate surface area is 113 Å². The molecule has 1 saturated carbocycles. The molecule has 2 atom stereocenters. The largest absolute Gasteiger partial charge is 0.461 e. The minimum absolute atomic E-state index is 0.0959. The van der Waals surface area contributed by atoms with E-state index in [1.54, 1.807) is 0 Å². The maximum Gasteiger partial charge on any atom is 0.342 e. The van der Waals surface area contributed by atoms with E-state index in [0.29, 0.717) is 0 Å². The quantitative estimate of drug-likeness (QED) is 0.619. The predicted octanol–water partition coefficient (Wildman–Crippen LogP) is 3.18. The molecule has 102 valence electrons. The van der Waals surface area contributed by atoms with Gasteiger partial charge in [0.25, 0.3) is 0 Å². The SMILES string of the molecule is CC(C)OC(=O)C12CCCCC1(c1ccccc1)O2. The van der Waals surface area contributed by atoms with Crippen LogP contribution < -0.4 is 0 Å². The zero-order chi connectivity index (χ0) is 13.5. The molecule has 0 amide bonds. The molecule has 3 rings (SSSR count). The number of epoxide rings is 1. The standard InChI is InChI=1S/C16H20O3/c1-12(2)18-14(17)16-11-7-6-10-15(16,19-16)13-8-4-3-5-9-13/h3-5,8-9,12H,6-7,10-11H2,1-2H3. The van der Waals surface area contributed by atoms with Crippen LogP contribution in [0, 0.1) is 0 Å². The molecule has 0 N–H and O–H groups in total. The number of fused-ring (bicyclic) bond motifs is 1. The molecule has 0 bridgehead atoms. The highest BCUT2D eigenvalue weighted by atomic mass is 16.7. The van der Waals surface area contributed by atoms with E-state index in [4.69, 9.17) is 9.47 Å². The van der Waals surface area contributed by atoms with Gasteiger partial charge in [-0.15, -0.1) is 0 Å². The van der Waals surface area contributed by atoms with Crippen molar-refractivity contribution in [3.05, 3.63) is 35.9 Å². The first-order valence-electron chi connectivity index (χ1n) is 7.07. The normalized spacial score (nSPS) is 32.8. The lowest BCUT2D eigenvalue weighted by Crippen LogP contribution is -2.38. The van der Waals surface area contributed by atoms with Crippen LogP contribution >= 0.6 is 0 Å². The van der Waals surface area contributed by atoms with Crippen molar-refractivity contribution in [2.45, 2.75) is 56.8 Å². The van der Waals surface area contributed by atoms with E-state index in [1.807, 2.05) is 32.0 Å². The molecule has 2 fully saturated rings. The minimum Gasteiger partial charge on any atom is -0.461 e. The second-order valence-corrected chi connectivity index (χ2v) is 5.78. The summed E-state index contributed by atoms with van der Waals surface area (Å²) in [6.45, 7) is 3.76. The van der Waals surface area contributed by atoms with Gasteiger partial charge < -0.3 is 9.47 Å². The number of carbonyl (C=O) groups is 1. The lowest BCUT2D eigenvalue weighted by molar-refractivity contribution is -0.154. The van der Waals surface area contributed by atoms with Crippen molar-refractivity contribution in [1.29, 1.82) is 0 Å². The maximum absolute atomic E-state index is 12.4. The van der Waals surface area contributed by atoms with E-state index in [1.165, 1.54) is 0 Å². The highest BCUT2D eigenvalue weighted by Crippen LogP contribution is 2.64. The number of hydrogen-bond donors (Lipinski definition) is 0. The zero-order valence-corrected chi connectivity index (χ0v) is 11.5. The summed E-state index contributed by atoms with van der Waals surface area (Å²) in [6, 6.07) is 10.1. The number of rotatable bonds is 3. The monoisotopic (exact) mass is 260 g/mol. The van der Waals surface area contributed by atoms with Crippen molar-refractivity contribution in [1.82, 2.24) is 0 Å². The Hall–Kier alpha value is -1.35. The molecule has 2 aliphatic rings. The van der Waals surface area contributed by atoms with Crippen molar-refractivity contribution in [3.63, 3.8) is 0 Å². The Balaban J connectivity index is 1.92. The summed E-state index contributed by atoms with van der Waals surface area (Å²) >= 11 is 0. The Kier molecular flexibility index (Phi) is 2.90. The molecule has 1 aliphatic carbocycles. The van der Waals surface area contributed by atoms with Gasteiger partial charge in [0, 0.05) is 0 Å². The molecule has 19 heavy (non-hydrogen) atoms. The van der Waals surface area contributed by atoms with Crippen LogP contribution in [0.15, 0.2) is 30.3 Å². The van der Waals surface area contributed by atoms with Crippen molar-refractivity contribution in [2.75, 3.05) is 0 Å². The molecule has 1 aromatic carbocycles. The minimum atomic E-state index is -0.725. The first kappa shape index (κ1) is 12.7. The fourth-order valence-corrected chi connectivity index (χ4v) is 3.29. The van der Waals surface area contributed by atoms with Crippen LogP contribution in [0.1, 0.15) is 45.1 Å². The van der Waals surface area contributed by atoms with Gasteiger partial charge in [0.1, 0.15) is 5.60 Å². The zero-order valence-electron chi connectivity index (χ0n) is 11.5. The number of carbonyl (C=O) groups excluding carboxylic acids is 1. The molecule has 2 unspecified atom stereocenters. The smallest absolute Gasteiger partial charge is 0.342 e. The molecule has 3 heteroatoms. The average Bonchev–Trinajstić information content (AvgIpc) is 3.11. The van der Waals surface area contributed by atoms with Gasteiger partial charge in [0.15, 0.2) is 5.60 Å². The number of hydrogen-bond acceptors (Lipinski definition) is 3. The highest BCUT2D eigenvalue weighted by Gasteiger charge is 2.76. The van der Waals surface area contributed by atoms with E-state index in [-0.39, 0.29) is 12.1 Å². The van der Waals surface area contributed by atoms with Crippen LogP contribution in [0.25, 0.3) is 0 Å². The van der Waals surface area contributed by atoms with Crippen LogP contribution in [-0.2, 0) is 19.9 Å². The first-order valence-corrected chi connectivity index (χ1v) is 7.07. The average molecular weight is 260 g/mol. The van der Waals surface area contributed by atoms with E-state index in [2.05, 4.69) is 12.1 Å². The molecule has 1 heterocycles. The van der Waals surface area contributed by atoms with Gasteiger partial charge in [-0.3, -0.25) is 0 Å². The van der Waals surface area contributed by atoms with Crippen molar-refractivity contribution in [3.8, 4) is 0 Å². The van der Waals surface area contributed by atoms with Gasteiger partial charge >= 0.3 is 5.97 Å². The molecule has 1 aliphatic heterocycles. The lowest BCUT2D eigenvalue weighted by Gasteiger charge is -2.24. The number of ether oxygens (including phenoxy) is 2. The van der Waals surface area contributed by atoms with E-state index in [0.717, 1.165) is 31.2 Å². The Bertz CT molecular complexity index is 482. The highest BCUT2D eigenvalue weighted by molar-refractivity contribution is 5.86. The fraction of sp³-hybridized carbons (Fsp3) is 0.562. The van der Waals surface area contributed by atoms with Gasteiger partial charge in [-0.2, -0.15) is 0 Å². The summed E-state index contributed by atoms with van der Waals surface area (Å²) in [5, 5.41) is 0. The molecular weight excluding hydrogens is 240 g/mol. The predicted molar refractivity (Wildman–Crippen MR) is 71.6 cm³/mol. The van der Waals surface area contributed by atoms with Crippen molar-refractivity contribution >= 4 is 5.97 Å². The van der Waals surface area contributed by atoms with Gasteiger partial charge in [-0.05, 0) is 45.1 Å². The van der Waals surface area contributed by atoms with Crippen molar-refractivity contribution in [2.24, 2.45) is 0 Å². The van der Waals surface area contributed by atoms with E-state index < -0.39 is 11.2 Å². The van der Waals surface area contributed by atoms with Crippen LogP contribution in [-0.4, -0.2) is 17.7 Å². The van der Waals surface area contributed by atoms with Crippen LogP contribution in [0.3, 0.4) is 0 Å². The Morgan fingerprint density at radius 1 is 1.21 bits per heavy atom. The summed E-state index contributed by atoms with van der Waals surface area (Å²) < 4.78 is 11.4. The van der Waals surface area contributed by atoms with Gasteiger partial charge in [0.05, 0.1) is 6.10 Å². The molecule has 0 spiro atoms. The van der Waals surface area contributed by atoms with Crippen molar-refractivity contribution < 1.29 is 14.3 Å². The Morgan fingerprint density at radius 3 is 2.58 bits per heavy atom. The first-order chi connectivity index (χ1) is 9.11. The molecule has 1 aromatic rings. The number of benzene rings is 1. The molecule has 1 saturated heterocycles. The fourth-order valence-electron chi connectivity index (χ4n) is 3.29. The second kappa shape index (κ2) is 4.34. The maximum atomic E-state index is 12.4. The summed E-state index contributed by atoms with van der Waals surface area (Å²) in [4.78, 5) is 12.4. The van der Waals surface area contributed by atoms with Gasteiger partial charge in [0.2, 0.25) is 0 Å². The summed E-state index contributed by atoms with van der Waals surface area (Å²) in [5.41, 5.74) is -0.0505. The van der Waals surface area contributed by atoms with Crippen LogP contribution in [0.5, 0.6) is 0 Å². The Morgan fingerprint density at radius 2 is 1.89 bits per heavy atom. The van der Waals surface area contributed by atoms with E-state index in [9.17, 15) is 4.79 Å². The van der Waals surface area contributed by atoms with E-state index >= 15 is 0 Å². The summed E-state index contributed by atoms with van der Waals surface area (Å²) in [6.07, 6.45) is 3.71. The summed E-state index contributed by atoms with van der Waals surface area (Å²) in [5.74, 6) is -0.189. The number of esters is 1. The topological polar surface area (TPSA) is 38.8 Å². The third kappa shape index (κ3) is 1.79.